The van der Waals surface area contributed by atoms with Crippen LogP contribution in [0.5, 0.6) is 11.5 Å². The van der Waals surface area contributed by atoms with Gasteiger partial charge >= 0.3 is 0 Å². The fourth-order valence-corrected chi connectivity index (χ4v) is 1.97. The Kier molecular flexibility index (Phi) is 5.26. The molecule has 0 aliphatic rings. The summed E-state index contributed by atoms with van der Waals surface area (Å²) in [5.74, 6) is 2.22. The van der Waals surface area contributed by atoms with Crippen LogP contribution < -0.4 is 14.9 Å². The molecular formula is C16H20N2O3. The van der Waals surface area contributed by atoms with Crippen LogP contribution in [0.4, 0.5) is 0 Å². The van der Waals surface area contributed by atoms with Crippen LogP contribution in [-0.2, 0) is 6.54 Å². The van der Waals surface area contributed by atoms with E-state index in [1.165, 1.54) is 0 Å². The molecule has 0 atom stereocenters. The van der Waals surface area contributed by atoms with Crippen molar-refractivity contribution in [2.24, 2.45) is 5.10 Å². The van der Waals surface area contributed by atoms with E-state index in [-0.39, 0.29) is 0 Å². The second-order valence-electron chi connectivity index (χ2n) is 4.41. The molecule has 1 N–H and O–H groups in total. The van der Waals surface area contributed by atoms with E-state index in [2.05, 4.69) is 10.5 Å². The van der Waals surface area contributed by atoms with Gasteiger partial charge < -0.3 is 19.3 Å². The average Bonchev–Trinajstić information content (AvgIpc) is 3.05. The van der Waals surface area contributed by atoms with Crippen molar-refractivity contribution in [2.45, 2.75) is 19.9 Å². The van der Waals surface area contributed by atoms with Gasteiger partial charge in [0.25, 0.3) is 0 Å². The molecule has 0 amide bonds. The molecule has 1 aromatic carbocycles. The van der Waals surface area contributed by atoms with Crippen molar-refractivity contribution in [1.82, 2.24) is 5.43 Å². The van der Waals surface area contributed by atoms with Gasteiger partial charge in [-0.2, -0.15) is 5.10 Å². The van der Waals surface area contributed by atoms with Crippen molar-refractivity contribution in [1.29, 1.82) is 0 Å². The molecule has 21 heavy (non-hydrogen) atoms. The standard InChI is InChI=1S/C16H20N2O3/c1-4-13(14-6-5-9-21-14)18-17-11-12-7-8-15(19-2)16(10-12)20-3/h5-10,17H,4,11H2,1-3H3/b18-13-. The second kappa shape index (κ2) is 7.38. The number of furan rings is 1. The van der Waals surface area contributed by atoms with Gasteiger partial charge in [0.05, 0.1) is 27.0 Å². The number of nitrogens with zero attached hydrogens (tertiary/aromatic N) is 1. The van der Waals surface area contributed by atoms with E-state index in [4.69, 9.17) is 13.9 Å². The molecule has 5 heteroatoms. The summed E-state index contributed by atoms with van der Waals surface area (Å²) >= 11 is 0. The fourth-order valence-electron chi connectivity index (χ4n) is 1.97. The van der Waals surface area contributed by atoms with E-state index in [1.807, 2.05) is 37.3 Å². The van der Waals surface area contributed by atoms with Crippen molar-refractivity contribution in [2.75, 3.05) is 14.2 Å². The summed E-state index contributed by atoms with van der Waals surface area (Å²) < 4.78 is 15.8. The Morgan fingerprint density at radius 3 is 2.62 bits per heavy atom. The third kappa shape index (κ3) is 3.78. The first-order valence-electron chi connectivity index (χ1n) is 6.82. The molecular weight excluding hydrogens is 268 g/mol. The van der Waals surface area contributed by atoms with Gasteiger partial charge in [0.1, 0.15) is 11.5 Å². The van der Waals surface area contributed by atoms with Crippen molar-refractivity contribution in [3.63, 3.8) is 0 Å². The average molecular weight is 288 g/mol. The zero-order valence-corrected chi connectivity index (χ0v) is 12.6. The molecule has 0 unspecified atom stereocenters. The molecule has 1 aromatic heterocycles. The Hall–Kier alpha value is -2.43. The molecule has 1 heterocycles. The first-order valence-corrected chi connectivity index (χ1v) is 6.82. The Balaban J connectivity index is 2.02. The summed E-state index contributed by atoms with van der Waals surface area (Å²) in [6, 6.07) is 9.55. The van der Waals surface area contributed by atoms with Gasteiger partial charge in [-0.1, -0.05) is 13.0 Å². The lowest BCUT2D eigenvalue weighted by molar-refractivity contribution is 0.354. The van der Waals surface area contributed by atoms with Gasteiger partial charge in [0.2, 0.25) is 0 Å². The first kappa shape index (κ1) is 15.0. The Morgan fingerprint density at radius 1 is 1.19 bits per heavy atom. The number of ether oxygens (including phenoxy) is 2. The highest BCUT2D eigenvalue weighted by molar-refractivity contribution is 5.97. The van der Waals surface area contributed by atoms with Crippen LogP contribution in [0.2, 0.25) is 0 Å². The van der Waals surface area contributed by atoms with Gasteiger partial charge in [0, 0.05) is 0 Å². The Bertz CT molecular complexity index is 592. The molecule has 2 aromatic rings. The van der Waals surface area contributed by atoms with Crippen molar-refractivity contribution < 1.29 is 13.9 Å². The number of hydrogen-bond acceptors (Lipinski definition) is 5. The van der Waals surface area contributed by atoms with Crippen molar-refractivity contribution in [3.8, 4) is 11.5 Å². The third-order valence-electron chi connectivity index (χ3n) is 3.09. The Morgan fingerprint density at radius 2 is 2.00 bits per heavy atom. The van der Waals surface area contributed by atoms with Crippen LogP contribution in [0.15, 0.2) is 46.1 Å². The van der Waals surface area contributed by atoms with Crippen LogP contribution in [-0.4, -0.2) is 19.9 Å². The summed E-state index contributed by atoms with van der Waals surface area (Å²) in [6.45, 7) is 2.64. The predicted molar refractivity (Wildman–Crippen MR) is 81.9 cm³/mol. The summed E-state index contributed by atoms with van der Waals surface area (Å²) in [4.78, 5) is 0. The minimum atomic E-state index is 0.602. The lowest BCUT2D eigenvalue weighted by atomic mass is 10.2. The second-order valence-corrected chi connectivity index (χ2v) is 4.41. The molecule has 5 nitrogen and oxygen atoms in total. The minimum Gasteiger partial charge on any atom is -0.493 e. The summed E-state index contributed by atoms with van der Waals surface area (Å²) in [6.07, 6.45) is 2.45. The maximum atomic E-state index is 5.35. The number of nitrogens with one attached hydrogen (secondary N) is 1. The van der Waals surface area contributed by atoms with E-state index < -0.39 is 0 Å². The summed E-state index contributed by atoms with van der Waals surface area (Å²) in [5.41, 5.74) is 5.01. The smallest absolute Gasteiger partial charge is 0.161 e. The maximum absolute atomic E-state index is 5.35. The molecule has 112 valence electrons. The number of methoxy groups -OCH3 is 2. The highest BCUT2D eigenvalue weighted by Crippen LogP contribution is 2.27. The summed E-state index contributed by atoms with van der Waals surface area (Å²) in [5, 5.41) is 4.38. The van der Waals surface area contributed by atoms with E-state index in [0.29, 0.717) is 12.3 Å². The molecule has 0 saturated heterocycles. The van der Waals surface area contributed by atoms with Gasteiger partial charge in [-0.15, -0.1) is 0 Å². The molecule has 0 spiro atoms. The monoisotopic (exact) mass is 288 g/mol. The van der Waals surface area contributed by atoms with E-state index in [9.17, 15) is 0 Å². The number of rotatable bonds is 7. The third-order valence-corrected chi connectivity index (χ3v) is 3.09. The highest BCUT2D eigenvalue weighted by atomic mass is 16.5. The zero-order valence-electron chi connectivity index (χ0n) is 12.6. The largest absolute Gasteiger partial charge is 0.493 e. The lowest BCUT2D eigenvalue weighted by Crippen LogP contribution is -2.10. The summed E-state index contributed by atoms with van der Waals surface area (Å²) in [7, 11) is 3.25. The first-order chi connectivity index (χ1) is 10.3. The molecule has 0 bridgehead atoms. The van der Waals surface area contributed by atoms with Gasteiger partial charge in [0.15, 0.2) is 11.5 Å². The highest BCUT2D eigenvalue weighted by Gasteiger charge is 2.05. The topological polar surface area (TPSA) is 56.0 Å². The van der Waals surface area contributed by atoms with E-state index in [0.717, 1.165) is 29.2 Å². The van der Waals surface area contributed by atoms with Gasteiger partial charge in [-0.25, -0.2) is 0 Å². The quantitative estimate of drug-likeness (QED) is 0.628. The molecule has 0 aliphatic heterocycles. The number of benzene rings is 1. The van der Waals surface area contributed by atoms with Crippen LogP contribution >= 0.6 is 0 Å². The lowest BCUT2D eigenvalue weighted by Gasteiger charge is -2.09. The Labute approximate surface area is 124 Å². The van der Waals surface area contributed by atoms with E-state index in [1.54, 1.807) is 20.5 Å². The normalized spacial score (nSPS) is 11.3. The predicted octanol–water partition coefficient (Wildman–Crippen LogP) is 3.20. The van der Waals surface area contributed by atoms with Crippen LogP contribution in [0.25, 0.3) is 0 Å². The molecule has 0 fully saturated rings. The molecule has 0 saturated carbocycles. The zero-order chi connectivity index (χ0) is 15.1. The molecule has 0 radical (unpaired) electrons. The number of hydrogen-bond donors (Lipinski definition) is 1. The van der Waals surface area contributed by atoms with Crippen molar-refractivity contribution >= 4 is 5.71 Å². The van der Waals surface area contributed by atoms with Crippen LogP contribution in [0.3, 0.4) is 0 Å². The fraction of sp³-hybridized carbons (Fsp3) is 0.312. The van der Waals surface area contributed by atoms with Gasteiger partial charge in [-0.3, -0.25) is 0 Å². The van der Waals surface area contributed by atoms with Crippen LogP contribution in [0, 0.1) is 0 Å². The maximum Gasteiger partial charge on any atom is 0.161 e. The van der Waals surface area contributed by atoms with E-state index >= 15 is 0 Å². The van der Waals surface area contributed by atoms with Crippen LogP contribution in [0.1, 0.15) is 24.7 Å². The number of hydrazone groups is 1. The van der Waals surface area contributed by atoms with Crippen molar-refractivity contribution in [3.05, 3.63) is 47.9 Å². The SMILES string of the molecule is CC/C(=N/NCc1ccc(OC)c(OC)c1)c1ccco1. The minimum absolute atomic E-state index is 0.602. The molecule has 2 rings (SSSR count). The van der Waals surface area contributed by atoms with Gasteiger partial charge in [-0.05, 0) is 36.2 Å². The molecule has 0 aliphatic carbocycles.